The molecule has 0 radical (unpaired) electrons. The molecule has 148 valence electrons. The first-order valence-electron chi connectivity index (χ1n) is 9.24. The topological polar surface area (TPSA) is 87.7 Å². The SMILES string of the molecule is O=C(CCc1ccc(C(=O)NO)cc1)Nc1cccc(OCc2ccccc2)c1. The van der Waals surface area contributed by atoms with Crippen molar-refractivity contribution in [3.05, 3.63) is 95.6 Å². The first-order valence-corrected chi connectivity index (χ1v) is 9.24. The van der Waals surface area contributed by atoms with Crippen LogP contribution in [0, 0.1) is 0 Å². The van der Waals surface area contributed by atoms with Gasteiger partial charge in [0.15, 0.2) is 0 Å². The molecule has 0 heterocycles. The van der Waals surface area contributed by atoms with Gasteiger partial charge in [0.1, 0.15) is 12.4 Å². The molecular formula is C23H22N2O4. The first-order chi connectivity index (χ1) is 14.1. The zero-order chi connectivity index (χ0) is 20.5. The Kier molecular flexibility index (Phi) is 6.97. The van der Waals surface area contributed by atoms with E-state index in [-0.39, 0.29) is 5.91 Å². The molecule has 3 aromatic carbocycles. The van der Waals surface area contributed by atoms with Gasteiger partial charge in [-0.2, -0.15) is 0 Å². The number of anilines is 1. The van der Waals surface area contributed by atoms with Gasteiger partial charge in [0.2, 0.25) is 5.91 Å². The number of amides is 2. The predicted molar refractivity (Wildman–Crippen MR) is 110 cm³/mol. The number of hydrogen-bond donors (Lipinski definition) is 3. The molecule has 0 unspecified atom stereocenters. The molecule has 0 aromatic heterocycles. The van der Waals surface area contributed by atoms with Gasteiger partial charge in [-0.15, -0.1) is 0 Å². The summed E-state index contributed by atoms with van der Waals surface area (Å²) < 4.78 is 5.78. The summed E-state index contributed by atoms with van der Waals surface area (Å²) in [7, 11) is 0. The molecule has 6 heteroatoms. The van der Waals surface area contributed by atoms with Gasteiger partial charge in [-0.25, -0.2) is 5.48 Å². The number of carbonyl (C=O) groups is 2. The van der Waals surface area contributed by atoms with Crippen LogP contribution in [0.2, 0.25) is 0 Å². The third kappa shape index (κ3) is 6.19. The van der Waals surface area contributed by atoms with Crippen LogP contribution in [0.5, 0.6) is 5.75 Å². The van der Waals surface area contributed by atoms with Crippen molar-refractivity contribution in [3.63, 3.8) is 0 Å². The molecule has 0 saturated heterocycles. The van der Waals surface area contributed by atoms with Crippen molar-refractivity contribution < 1.29 is 19.5 Å². The minimum absolute atomic E-state index is 0.109. The summed E-state index contributed by atoms with van der Waals surface area (Å²) >= 11 is 0. The van der Waals surface area contributed by atoms with E-state index in [0.717, 1.165) is 11.1 Å². The van der Waals surface area contributed by atoms with Crippen molar-refractivity contribution in [2.75, 3.05) is 5.32 Å². The summed E-state index contributed by atoms with van der Waals surface area (Å²) in [6.45, 7) is 0.461. The average Bonchev–Trinajstić information content (AvgIpc) is 2.77. The molecule has 6 nitrogen and oxygen atoms in total. The molecule has 3 N–H and O–H groups in total. The second-order valence-electron chi connectivity index (χ2n) is 6.49. The van der Waals surface area contributed by atoms with Crippen molar-refractivity contribution >= 4 is 17.5 Å². The maximum Gasteiger partial charge on any atom is 0.274 e. The van der Waals surface area contributed by atoms with Crippen LogP contribution < -0.4 is 15.5 Å². The van der Waals surface area contributed by atoms with Gasteiger partial charge in [0.25, 0.3) is 5.91 Å². The maximum absolute atomic E-state index is 12.2. The molecule has 0 bridgehead atoms. The van der Waals surface area contributed by atoms with Crippen molar-refractivity contribution in [2.45, 2.75) is 19.4 Å². The normalized spacial score (nSPS) is 10.2. The summed E-state index contributed by atoms with van der Waals surface area (Å²) in [6.07, 6.45) is 0.845. The number of ether oxygens (including phenoxy) is 1. The predicted octanol–water partition coefficient (Wildman–Crippen LogP) is 3.96. The van der Waals surface area contributed by atoms with Crippen LogP contribution in [0.25, 0.3) is 0 Å². The molecule has 0 spiro atoms. The van der Waals surface area contributed by atoms with E-state index < -0.39 is 5.91 Å². The lowest BCUT2D eigenvalue weighted by atomic mass is 10.1. The van der Waals surface area contributed by atoms with Gasteiger partial charge >= 0.3 is 0 Å². The Morgan fingerprint density at radius 2 is 1.62 bits per heavy atom. The minimum atomic E-state index is -0.566. The molecule has 0 fully saturated rings. The molecule has 0 atom stereocenters. The van der Waals surface area contributed by atoms with E-state index in [1.807, 2.05) is 48.5 Å². The number of hydroxylamine groups is 1. The number of aryl methyl sites for hydroxylation is 1. The number of benzene rings is 3. The molecule has 0 aliphatic rings. The van der Waals surface area contributed by atoms with Crippen LogP contribution in [-0.4, -0.2) is 17.0 Å². The Morgan fingerprint density at radius 3 is 2.34 bits per heavy atom. The Labute approximate surface area is 169 Å². The van der Waals surface area contributed by atoms with Gasteiger partial charge in [-0.3, -0.25) is 14.8 Å². The number of hydrogen-bond acceptors (Lipinski definition) is 4. The second-order valence-corrected chi connectivity index (χ2v) is 6.49. The lowest BCUT2D eigenvalue weighted by Gasteiger charge is -2.09. The average molecular weight is 390 g/mol. The summed E-state index contributed by atoms with van der Waals surface area (Å²) in [5, 5.41) is 11.5. The fourth-order valence-corrected chi connectivity index (χ4v) is 2.77. The summed E-state index contributed by atoms with van der Waals surface area (Å²) in [5.74, 6) is 0.00967. The van der Waals surface area contributed by atoms with Crippen molar-refractivity contribution in [1.82, 2.24) is 5.48 Å². The van der Waals surface area contributed by atoms with E-state index in [1.54, 1.807) is 35.8 Å². The molecular weight excluding hydrogens is 368 g/mol. The zero-order valence-electron chi connectivity index (χ0n) is 15.8. The van der Waals surface area contributed by atoms with E-state index in [4.69, 9.17) is 9.94 Å². The summed E-state index contributed by atoms with van der Waals surface area (Å²) in [4.78, 5) is 23.6. The molecule has 0 aliphatic heterocycles. The highest BCUT2D eigenvalue weighted by atomic mass is 16.5. The Bertz CT molecular complexity index is 956. The second kappa shape index (κ2) is 10.1. The lowest BCUT2D eigenvalue weighted by molar-refractivity contribution is -0.116. The Balaban J connectivity index is 1.49. The first kappa shape index (κ1) is 20.1. The highest BCUT2D eigenvalue weighted by Gasteiger charge is 2.07. The fraction of sp³-hybridized carbons (Fsp3) is 0.130. The monoisotopic (exact) mass is 390 g/mol. The smallest absolute Gasteiger partial charge is 0.274 e. The third-order valence-corrected chi connectivity index (χ3v) is 4.32. The van der Waals surface area contributed by atoms with Gasteiger partial charge in [0.05, 0.1) is 0 Å². The van der Waals surface area contributed by atoms with E-state index in [9.17, 15) is 9.59 Å². The standard InChI is InChI=1S/C23H22N2O4/c26-22(14-11-17-9-12-19(13-10-17)23(27)25-28)24-20-7-4-8-21(15-20)29-16-18-5-2-1-3-6-18/h1-10,12-13,15,28H,11,14,16H2,(H,24,26)(H,25,27). The number of rotatable bonds is 8. The van der Waals surface area contributed by atoms with Gasteiger partial charge in [-0.05, 0) is 41.8 Å². The van der Waals surface area contributed by atoms with Gasteiger partial charge < -0.3 is 10.1 Å². The van der Waals surface area contributed by atoms with Crippen LogP contribution in [-0.2, 0) is 17.8 Å². The number of nitrogens with one attached hydrogen (secondary N) is 2. The largest absolute Gasteiger partial charge is 0.489 e. The van der Waals surface area contributed by atoms with Crippen LogP contribution in [0.15, 0.2) is 78.9 Å². The van der Waals surface area contributed by atoms with Crippen LogP contribution in [0.1, 0.15) is 27.9 Å². The fourth-order valence-electron chi connectivity index (χ4n) is 2.77. The van der Waals surface area contributed by atoms with E-state index in [0.29, 0.717) is 36.4 Å². The van der Waals surface area contributed by atoms with Crippen LogP contribution in [0.3, 0.4) is 0 Å². The van der Waals surface area contributed by atoms with Crippen LogP contribution >= 0.6 is 0 Å². The Hall–Kier alpha value is -3.64. The summed E-state index contributed by atoms with van der Waals surface area (Å²) in [5.41, 5.74) is 4.62. The van der Waals surface area contributed by atoms with Gasteiger partial charge in [0, 0.05) is 23.7 Å². The van der Waals surface area contributed by atoms with Crippen molar-refractivity contribution in [2.24, 2.45) is 0 Å². The molecule has 3 aromatic rings. The third-order valence-electron chi connectivity index (χ3n) is 4.32. The van der Waals surface area contributed by atoms with Crippen molar-refractivity contribution in [1.29, 1.82) is 0 Å². The summed E-state index contributed by atoms with van der Waals surface area (Å²) in [6, 6.07) is 23.9. The quantitative estimate of drug-likeness (QED) is 0.401. The zero-order valence-corrected chi connectivity index (χ0v) is 15.8. The van der Waals surface area contributed by atoms with E-state index >= 15 is 0 Å². The maximum atomic E-state index is 12.2. The van der Waals surface area contributed by atoms with Crippen LogP contribution in [0.4, 0.5) is 5.69 Å². The Morgan fingerprint density at radius 1 is 0.862 bits per heavy atom. The molecule has 0 aliphatic carbocycles. The van der Waals surface area contributed by atoms with Crippen molar-refractivity contribution in [3.8, 4) is 5.75 Å². The van der Waals surface area contributed by atoms with Gasteiger partial charge in [-0.1, -0.05) is 48.5 Å². The van der Waals surface area contributed by atoms with E-state index in [1.165, 1.54) is 0 Å². The highest BCUT2D eigenvalue weighted by molar-refractivity contribution is 5.93. The highest BCUT2D eigenvalue weighted by Crippen LogP contribution is 2.19. The molecule has 2 amide bonds. The molecule has 3 rings (SSSR count). The number of carbonyl (C=O) groups excluding carboxylic acids is 2. The minimum Gasteiger partial charge on any atom is -0.489 e. The van der Waals surface area contributed by atoms with E-state index in [2.05, 4.69) is 5.32 Å². The molecule has 29 heavy (non-hydrogen) atoms. The lowest BCUT2D eigenvalue weighted by Crippen LogP contribution is -2.18. The molecule has 0 saturated carbocycles.